The highest BCUT2D eigenvalue weighted by molar-refractivity contribution is 6.16. The van der Waals surface area contributed by atoms with Crippen LogP contribution in [0.15, 0.2) is 66.7 Å². The molecule has 2 nitrogen and oxygen atoms in total. The van der Waals surface area contributed by atoms with Crippen molar-refractivity contribution in [2.75, 3.05) is 0 Å². The zero-order valence-corrected chi connectivity index (χ0v) is 13.0. The lowest BCUT2D eigenvalue weighted by atomic mass is 9.83. The first-order valence-corrected chi connectivity index (χ1v) is 8.15. The topological polar surface area (TPSA) is 40.5 Å². The summed E-state index contributed by atoms with van der Waals surface area (Å²) in [6, 6.07) is 20.8. The summed E-state index contributed by atoms with van der Waals surface area (Å²) in [5, 5.41) is 27.5. The Labute approximate surface area is 139 Å². The van der Waals surface area contributed by atoms with E-state index in [4.69, 9.17) is 0 Å². The maximum Gasteiger partial charge on any atom is 0.110 e. The summed E-state index contributed by atoms with van der Waals surface area (Å²) >= 11 is 0. The molecule has 24 heavy (non-hydrogen) atoms. The fourth-order valence-corrected chi connectivity index (χ4v) is 3.90. The molecule has 5 rings (SSSR count). The monoisotopic (exact) mass is 312 g/mol. The van der Waals surface area contributed by atoms with E-state index < -0.39 is 12.2 Å². The lowest BCUT2D eigenvalue weighted by Gasteiger charge is -2.25. The van der Waals surface area contributed by atoms with Crippen molar-refractivity contribution in [2.45, 2.75) is 12.2 Å². The molecule has 116 valence electrons. The normalized spacial score (nSPS) is 19.9. The van der Waals surface area contributed by atoms with Gasteiger partial charge in [0, 0.05) is 0 Å². The zero-order chi connectivity index (χ0) is 16.3. The number of aliphatic hydroxyl groups is 2. The second-order valence-electron chi connectivity index (χ2n) is 6.41. The number of benzene rings is 4. The average molecular weight is 312 g/mol. The van der Waals surface area contributed by atoms with Gasteiger partial charge in [-0.3, -0.25) is 0 Å². The van der Waals surface area contributed by atoms with Crippen LogP contribution in [0.4, 0.5) is 0 Å². The SMILES string of the molecule is OC1c2c(c3cc4ccccc4cc3c3ccccc23)C=C[C@H]1O. The lowest BCUT2D eigenvalue weighted by molar-refractivity contribution is 0.0481. The highest BCUT2D eigenvalue weighted by atomic mass is 16.3. The molecule has 2 heteroatoms. The molecule has 1 aliphatic rings. The van der Waals surface area contributed by atoms with Gasteiger partial charge >= 0.3 is 0 Å². The second-order valence-corrected chi connectivity index (χ2v) is 6.41. The summed E-state index contributed by atoms with van der Waals surface area (Å²) in [7, 11) is 0. The Morgan fingerprint density at radius 1 is 0.667 bits per heavy atom. The molecular weight excluding hydrogens is 296 g/mol. The van der Waals surface area contributed by atoms with Crippen LogP contribution in [0, 0.1) is 0 Å². The van der Waals surface area contributed by atoms with Gasteiger partial charge in [0.05, 0.1) is 0 Å². The summed E-state index contributed by atoms with van der Waals surface area (Å²) < 4.78 is 0. The standard InChI is InChI=1S/C22H16O2/c23-20-10-9-17-19-12-14-6-2-1-5-13(14)11-18(19)15-7-3-4-8-16(15)21(17)22(20)24/h1-12,20,22-24H/t20-,22?/m1/s1. The molecule has 0 saturated carbocycles. The largest absolute Gasteiger partial charge is 0.386 e. The van der Waals surface area contributed by atoms with Crippen molar-refractivity contribution < 1.29 is 10.2 Å². The van der Waals surface area contributed by atoms with Crippen LogP contribution in [0.2, 0.25) is 0 Å². The fraction of sp³-hybridized carbons (Fsp3) is 0.0909. The lowest BCUT2D eigenvalue weighted by Crippen LogP contribution is -2.20. The minimum atomic E-state index is -0.897. The van der Waals surface area contributed by atoms with Gasteiger partial charge in [-0.2, -0.15) is 0 Å². The Hall–Kier alpha value is -2.68. The first-order valence-electron chi connectivity index (χ1n) is 8.15. The fourth-order valence-electron chi connectivity index (χ4n) is 3.90. The number of aliphatic hydroxyl groups excluding tert-OH is 2. The molecule has 2 N–H and O–H groups in total. The molecule has 1 unspecified atom stereocenters. The van der Waals surface area contributed by atoms with Crippen molar-refractivity contribution in [3.05, 3.63) is 77.9 Å². The summed E-state index contributed by atoms with van der Waals surface area (Å²) in [6.07, 6.45) is 1.86. The van der Waals surface area contributed by atoms with Crippen molar-refractivity contribution in [1.29, 1.82) is 0 Å². The Morgan fingerprint density at radius 2 is 1.29 bits per heavy atom. The summed E-state index contributed by atoms with van der Waals surface area (Å²) in [5.74, 6) is 0. The Morgan fingerprint density at radius 3 is 2.04 bits per heavy atom. The van der Waals surface area contributed by atoms with Gasteiger partial charge < -0.3 is 10.2 Å². The van der Waals surface area contributed by atoms with Crippen molar-refractivity contribution in [3.63, 3.8) is 0 Å². The second kappa shape index (κ2) is 4.91. The van der Waals surface area contributed by atoms with Crippen LogP contribution >= 0.6 is 0 Å². The van der Waals surface area contributed by atoms with E-state index in [9.17, 15) is 10.2 Å². The summed E-state index contributed by atoms with van der Waals surface area (Å²) in [6.45, 7) is 0. The molecule has 0 aliphatic heterocycles. The van der Waals surface area contributed by atoms with Gasteiger partial charge in [-0.25, -0.2) is 0 Å². The van der Waals surface area contributed by atoms with Gasteiger partial charge in [0.2, 0.25) is 0 Å². The summed E-state index contributed by atoms with van der Waals surface area (Å²) in [4.78, 5) is 0. The predicted molar refractivity (Wildman–Crippen MR) is 99.0 cm³/mol. The van der Waals surface area contributed by atoms with E-state index in [1.807, 2.05) is 30.3 Å². The van der Waals surface area contributed by atoms with E-state index in [2.05, 4.69) is 36.4 Å². The third-order valence-corrected chi connectivity index (χ3v) is 5.05. The van der Waals surface area contributed by atoms with Crippen LogP contribution in [0.3, 0.4) is 0 Å². The quantitative estimate of drug-likeness (QED) is 0.369. The maximum atomic E-state index is 10.6. The molecule has 0 heterocycles. The Bertz CT molecular complexity index is 1140. The molecule has 4 aromatic carbocycles. The van der Waals surface area contributed by atoms with Crippen molar-refractivity contribution in [2.24, 2.45) is 0 Å². The Balaban J connectivity index is 2.06. The first kappa shape index (κ1) is 13.7. The van der Waals surface area contributed by atoms with Gasteiger partial charge in [0.15, 0.2) is 0 Å². The molecule has 0 aromatic heterocycles. The minimum absolute atomic E-state index is 0.823. The predicted octanol–water partition coefficient (Wildman–Crippen LogP) is 4.57. The van der Waals surface area contributed by atoms with E-state index in [0.29, 0.717) is 0 Å². The summed E-state index contributed by atoms with van der Waals surface area (Å²) in [5.41, 5.74) is 1.83. The third-order valence-electron chi connectivity index (χ3n) is 5.05. The van der Waals surface area contributed by atoms with Crippen LogP contribution in [0.1, 0.15) is 17.2 Å². The van der Waals surface area contributed by atoms with Crippen LogP contribution in [0.25, 0.3) is 38.4 Å². The molecule has 0 spiro atoms. The molecule has 1 aliphatic carbocycles. The van der Waals surface area contributed by atoms with Gasteiger partial charge in [-0.15, -0.1) is 0 Å². The highest BCUT2D eigenvalue weighted by Gasteiger charge is 2.26. The average Bonchev–Trinajstić information content (AvgIpc) is 2.63. The molecule has 4 aromatic rings. The van der Waals surface area contributed by atoms with Crippen molar-refractivity contribution >= 4 is 38.4 Å². The molecule has 0 saturated heterocycles. The molecule has 0 bridgehead atoms. The maximum absolute atomic E-state index is 10.6. The van der Waals surface area contributed by atoms with E-state index >= 15 is 0 Å². The van der Waals surface area contributed by atoms with Crippen molar-refractivity contribution in [1.82, 2.24) is 0 Å². The molecule has 0 fully saturated rings. The van der Waals surface area contributed by atoms with Gasteiger partial charge in [-0.05, 0) is 55.6 Å². The van der Waals surface area contributed by atoms with Crippen molar-refractivity contribution in [3.8, 4) is 0 Å². The van der Waals surface area contributed by atoms with E-state index in [1.54, 1.807) is 6.08 Å². The third kappa shape index (κ3) is 1.78. The van der Waals surface area contributed by atoms with Gasteiger partial charge in [0.1, 0.15) is 12.2 Å². The van der Waals surface area contributed by atoms with E-state index in [0.717, 1.165) is 27.3 Å². The Kier molecular flexibility index (Phi) is 2.81. The number of fused-ring (bicyclic) bond motifs is 7. The smallest absolute Gasteiger partial charge is 0.110 e. The molecule has 0 radical (unpaired) electrons. The minimum Gasteiger partial charge on any atom is -0.386 e. The van der Waals surface area contributed by atoms with Gasteiger partial charge in [0.25, 0.3) is 0 Å². The van der Waals surface area contributed by atoms with Gasteiger partial charge in [-0.1, -0.05) is 60.7 Å². The first-order chi connectivity index (χ1) is 11.7. The van der Waals surface area contributed by atoms with E-state index in [1.165, 1.54) is 16.2 Å². The number of hydrogen-bond donors (Lipinski definition) is 2. The van der Waals surface area contributed by atoms with Crippen LogP contribution in [-0.4, -0.2) is 16.3 Å². The van der Waals surface area contributed by atoms with Crippen LogP contribution < -0.4 is 0 Å². The highest BCUT2D eigenvalue weighted by Crippen LogP contribution is 2.41. The molecule has 0 amide bonds. The number of rotatable bonds is 0. The molecule has 2 atom stereocenters. The van der Waals surface area contributed by atoms with Crippen LogP contribution in [-0.2, 0) is 0 Å². The number of hydrogen-bond acceptors (Lipinski definition) is 2. The zero-order valence-electron chi connectivity index (χ0n) is 13.0. The molecular formula is C22H16O2. The van der Waals surface area contributed by atoms with E-state index in [-0.39, 0.29) is 0 Å². The van der Waals surface area contributed by atoms with Crippen LogP contribution in [0.5, 0.6) is 0 Å².